The summed E-state index contributed by atoms with van der Waals surface area (Å²) in [6.07, 6.45) is 1.60. The standard InChI is InChI=1S/C26H28ClFN2O2S/c1-6-33-32-14-18-7-9-20-23(12-18)26(29-15(2)3)22(11-16(4)31)17(5)30-25(20)21-10-8-19(28)13-24(21)27/h7-13,15,17H,6,14H2,1-5H3/b22-11-,29-26?. The third kappa shape index (κ3) is 6.19. The molecule has 33 heavy (non-hydrogen) atoms. The summed E-state index contributed by atoms with van der Waals surface area (Å²) >= 11 is 7.85. The van der Waals surface area contributed by atoms with Gasteiger partial charge in [0.15, 0.2) is 5.78 Å². The predicted molar refractivity (Wildman–Crippen MR) is 136 cm³/mol. The van der Waals surface area contributed by atoms with Crippen molar-refractivity contribution in [3.63, 3.8) is 0 Å². The summed E-state index contributed by atoms with van der Waals surface area (Å²) in [6.45, 7) is 9.91. The Hall–Kier alpha value is -2.28. The third-order valence-electron chi connectivity index (χ3n) is 5.00. The molecule has 0 saturated carbocycles. The first kappa shape index (κ1) is 25.3. The van der Waals surface area contributed by atoms with E-state index in [0.717, 1.165) is 33.7 Å². The molecule has 0 spiro atoms. The smallest absolute Gasteiger partial charge is 0.153 e. The van der Waals surface area contributed by atoms with Gasteiger partial charge in [0.1, 0.15) is 5.82 Å². The van der Waals surface area contributed by atoms with Crippen LogP contribution in [0.15, 0.2) is 58.0 Å². The molecule has 0 radical (unpaired) electrons. The lowest BCUT2D eigenvalue weighted by atomic mass is 9.90. The van der Waals surface area contributed by atoms with Crippen LogP contribution in [0.1, 0.15) is 56.9 Å². The second kappa shape index (κ2) is 11.2. The second-order valence-corrected chi connectivity index (χ2v) is 9.56. The lowest BCUT2D eigenvalue weighted by Crippen LogP contribution is -2.17. The maximum atomic E-state index is 13.8. The van der Waals surface area contributed by atoms with Crippen LogP contribution >= 0.6 is 23.6 Å². The molecule has 4 nitrogen and oxygen atoms in total. The lowest BCUT2D eigenvalue weighted by Gasteiger charge is -2.16. The molecular formula is C26H28ClFN2O2S. The molecule has 0 amide bonds. The van der Waals surface area contributed by atoms with Gasteiger partial charge in [-0.3, -0.25) is 14.8 Å². The van der Waals surface area contributed by atoms with E-state index in [1.54, 1.807) is 12.1 Å². The normalized spacial score (nSPS) is 18.4. The highest BCUT2D eigenvalue weighted by atomic mass is 35.5. The van der Waals surface area contributed by atoms with E-state index in [4.69, 9.17) is 25.8 Å². The number of carbonyl (C=O) groups is 1. The van der Waals surface area contributed by atoms with Crippen LogP contribution in [0.5, 0.6) is 0 Å². The molecular weight excluding hydrogens is 459 g/mol. The van der Waals surface area contributed by atoms with Gasteiger partial charge in [0.25, 0.3) is 0 Å². The molecule has 1 atom stereocenters. The fourth-order valence-corrected chi connectivity index (χ4v) is 4.31. The molecule has 7 heteroatoms. The number of carbonyl (C=O) groups excluding carboxylic acids is 1. The van der Waals surface area contributed by atoms with Crippen molar-refractivity contribution in [2.45, 2.75) is 53.3 Å². The first-order chi connectivity index (χ1) is 15.7. The number of fused-ring (bicyclic) bond motifs is 1. The summed E-state index contributed by atoms with van der Waals surface area (Å²) < 4.78 is 19.5. The summed E-state index contributed by atoms with van der Waals surface area (Å²) in [6, 6.07) is 9.94. The van der Waals surface area contributed by atoms with Crippen LogP contribution in [0.3, 0.4) is 0 Å². The van der Waals surface area contributed by atoms with Gasteiger partial charge in [0, 0.05) is 34.1 Å². The Bertz CT molecular complexity index is 1140. The number of hydrogen-bond donors (Lipinski definition) is 0. The van der Waals surface area contributed by atoms with Crippen molar-refractivity contribution in [3.05, 3.63) is 81.1 Å². The summed E-state index contributed by atoms with van der Waals surface area (Å²) in [7, 11) is 0. The topological polar surface area (TPSA) is 51.0 Å². The Morgan fingerprint density at radius 1 is 1.24 bits per heavy atom. The first-order valence-corrected chi connectivity index (χ1v) is 12.2. The predicted octanol–water partition coefficient (Wildman–Crippen LogP) is 6.62. The van der Waals surface area contributed by atoms with Crippen LogP contribution in [0, 0.1) is 5.82 Å². The Balaban J connectivity index is 2.30. The van der Waals surface area contributed by atoms with Gasteiger partial charge in [-0.1, -0.05) is 30.7 Å². The number of rotatable bonds is 7. The number of benzene rings is 2. The van der Waals surface area contributed by atoms with Crippen LogP contribution < -0.4 is 0 Å². The third-order valence-corrected chi connectivity index (χ3v) is 5.83. The van der Waals surface area contributed by atoms with E-state index < -0.39 is 5.82 Å². The molecule has 1 unspecified atom stereocenters. The maximum absolute atomic E-state index is 13.8. The highest BCUT2D eigenvalue weighted by Crippen LogP contribution is 2.31. The Morgan fingerprint density at radius 2 is 1.97 bits per heavy atom. The van der Waals surface area contributed by atoms with Crippen molar-refractivity contribution < 1.29 is 13.4 Å². The Kier molecular flexibility index (Phi) is 8.63. The Morgan fingerprint density at radius 3 is 2.61 bits per heavy atom. The minimum absolute atomic E-state index is 0.00178. The maximum Gasteiger partial charge on any atom is 0.153 e. The number of halogens is 2. The zero-order valence-corrected chi connectivity index (χ0v) is 21.1. The number of hydrogen-bond acceptors (Lipinski definition) is 5. The van der Waals surface area contributed by atoms with Gasteiger partial charge in [0.2, 0.25) is 0 Å². The first-order valence-electron chi connectivity index (χ1n) is 10.9. The van der Waals surface area contributed by atoms with E-state index in [0.29, 0.717) is 17.9 Å². The summed E-state index contributed by atoms with van der Waals surface area (Å²) in [4.78, 5) is 22.0. The number of aliphatic imine (C=N–C) groups is 2. The van der Waals surface area contributed by atoms with Crippen molar-refractivity contribution in [1.29, 1.82) is 0 Å². The average molecular weight is 487 g/mol. The molecule has 1 heterocycles. The fourth-order valence-electron chi connectivity index (χ4n) is 3.67. The van der Waals surface area contributed by atoms with Gasteiger partial charge >= 0.3 is 0 Å². The number of ketones is 1. The lowest BCUT2D eigenvalue weighted by molar-refractivity contribution is -0.112. The zero-order chi connectivity index (χ0) is 24.1. The molecule has 3 rings (SSSR count). The summed E-state index contributed by atoms with van der Waals surface area (Å²) in [5.74, 6) is 0.368. The van der Waals surface area contributed by atoms with E-state index in [2.05, 4.69) is 0 Å². The van der Waals surface area contributed by atoms with Gasteiger partial charge in [-0.25, -0.2) is 4.39 Å². The number of nitrogens with zero attached hydrogens (tertiary/aromatic N) is 2. The fraction of sp³-hybridized carbons (Fsp3) is 0.346. The molecule has 0 aliphatic carbocycles. The molecule has 0 N–H and O–H groups in total. The summed E-state index contributed by atoms with van der Waals surface area (Å²) in [5.41, 5.74) is 5.39. The highest BCUT2D eigenvalue weighted by molar-refractivity contribution is 7.94. The minimum atomic E-state index is -0.411. The van der Waals surface area contributed by atoms with Crippen LogP contribution in [0.25, 0.3) is 0 Å². The molecule has 0 fully saturated rings. The largest absolute Gasteiger partial charge is 0.311 e. The Labute approximate surface area is 204 Å². The van der Waals surface area contributed by atoms with Crippen molar-refractivity contribution in [2.24, 2.45) is 9.98 Å². The van der Waals surface area contributed by atoms with E-state index in [9.17, 15) is 9.18 Å². The van der Waals surface area contributed by atoms with Crippen molar-refractivity contribution in [2.75, 3.05) is 5.75 Å². The average Bonchev–Trinajstić information content (AvgIpc) is 2.84. The van der Waals surface area contributed by atoms with E-state index >= 15 is 0 Å². The molecule has 0 saturated heterocycles. The summed E-state index contributed by atoms with van der Waals surface area (Å²) in [5, 5.41) is 0.278. The van der Waals surface area contributed by atoms with Crippen LogP contribution in [-0.2, 0) is 15.6 Å². The quantitative estimate of drug-likeness (QED) is 0.251. The van der Waals surface area contributed by atoms with E-state index in [-0.39, 0.29) is 22.9 Å². The number of allylic oxidation sites excluding steroid dienone is 1. The van der Waals surface area contributed by atoms with Crippen molar-refractivity contribution in [3.8, 4) is 0 Å². The van der Waals surface area contributed by atoms with Gasteiger partial charge in [-0.05, 0) is 75.6 Å². The minimum Gasteiger partial charge on any atom is -0.311 e. The van der Waals surface area contributed by atoms with Gasteiger partial charge in [-0.2, -0.15) is 0 Å². The van der Waals surface area contributed by atoms with Crippen LogP contribution in [0.2, 0.25) is 5.02 Å². The van der Waals surface area contributed by atoms with Crippen molar-refractivity contribution >= 4 is 40.9 Å². The molecule has 0 bridgehead atoms. The highest BCUT2D eigenvalue weighted by Gasteiger charge is 2.28. The van der Waals surface area contributed by atoms with E-state index in [1.165, 1.54) is 31.1 Å². The zero-order valence-electron chi connectivity index (χ0n) is 19.5. The molecule has 174 valence electrons. The second-order valence-electron chi connectivity index (χ2n) is 8.11. The van der Waals surface area contributed by atoms with E-state index in [1.807, 2.05) is 45.9 Å². The SMILES string of the molecule is CCSOCc1ccc2c(c1)C(=NC(C)C)/C(=C\C(C)=O)C(C)N=C2c1ccc(F)cc1Cl. The molecule has 2 aromatic carbocycles. The van der Waals surface area contributed by atoms with Gasteiger partial charge in [-0.15, -0.1) is 0 Å². The van der Waals surface area contributed by atoms with Gasteiger partial charge < -0.3 is 4.18 Å². The van der Waals surface area contributed by atoms with Gasteiger partial charge in [0.05, 0.1) is 29.1 Å². The van der Waals surface area contributed by atoms with Crippen LogP contribution in [-0.4, -0.2) is 35.0 Å². The van der Waals surface area contributed by atoms with Crippen molar-refractivity contribution in [1.82, 2.24) is 0 Å². The molecule has 1 aliphatic rings. The van der Waals surface area contributed by atoms with Crippen LogP contribution in [0.4, 0.5) is 4.39 Å². The molecule has 1 aliphatic heterocycles. The molecule has 0 aromatic heterocycles. The molecule has 2 aromatic rings. The monoisotopic (exact) mass is 486 g/mol.